The molecule has 37 heavy (non-hydrogen) atoms. The van der Waals surface area contributed by atoms with E-state index in [4.69, 9.17) is 14.2 Å². The summed E-state index contributed by atoms with van der Waals surface area (Å²) < 4.78 is 19.8. The van der Waals surface area contributed by atoms with Crippen molar-refractivity contribution in [3.8, 4) is 17.0 Å². The van der Waals surface area contributed by atoms with Crippen LogP contribution in [0.1, 0.15) is 38.5 Å². The van der Waals surface area contributed by atoms with Gasteiger partial charge in [0.1, 0.15) is 0 Å². The maximum atomic E-state index is 5.93. The Balaban J connectivity index is 0.984. The number of unbranched alkanes of at least 4 members (excludes halogenated alkanes) is 2. The first-order valence-corrected chi connectivity index (χ1v) is 13.6. The monoisotopic (exact) mass is 502 g/mol. The summed E-state index contributed by atoms with van der Waals surface area (Å²) in [6.07, 6.45) is 12.5. The lowest BCUT2D eigenvalue weighted by molar-refractivity contribution is 0.0266. The second kappa shape index (κ2) is 13.0. The Kier molecular flexibility index (Phi) is 9.00. The fourth-order valence-corrected chi connectivity index (χ4v) is 4.97. The SMILES string of the molecule is Cn1c2ccncc2c2ccc(-c3ccc(OCCCCOCCCCOC4CCNCC4)nc3)cc21. The minimum atomic E-state index is 0.449. The molecule has 0 atom stereocenters. The Labute approximate surface area is 219 Å². The van der Waals surface area contributed by atoms with Crippen LogP contribution in [0.5, 0.6) is 5.88 Å². The number of ether oxygens (including phenoxy) is 3. The van der Waals surface area contributed by atoms with Gasteiger partial charge in [0, 0.05) is 73.4 Å². The van der Waals surface area contributed by atoms with Crippen molar-refractivity contribution < 1.29 is 14.2 Å². The summed E-state index contributed by atoms with van der Waals surface area (Å²) in [5.74, 6) is 0.662. The van der Waals surface area contributed by atoms with Gasteiger partial charge in [-0.2, -0.15) is 0 Å². The molecule has 0 bridgehead atoms. The number of hydrogen-bond donors (Lipinski definition) is 1. The largest absolute Gasteiger partial charge is 0.478 e. The zero-order chi connectivity index (χ0) is 25.3. The number of nitrogens with zero attached hydrogens (tertiary/aromatic N) is 3. The molecule has 0 saturated carbocycles. The lowest BCUT2D eigenvalue weighted by atomic mass is 10.1. The third-order valence-electron chi connectivity index (χ3n) is 7.13. The smallest absolute Gasteiger partial charge is 0.213 e. The number of hydrogen-bond acceptors (Lipinski definition) is 6. The molecule has 0 radical (unpaired) electrons. The quantitative estimate of drug-likeness (QED) is 0.243. The standard InChI is InChI=1S/C30H38N4O3/c1-34-28-12-15-32-22-27(28)26-8-6-23(20-29(26)34)24-7-9-30(33-21-24)37-19-5-3-17-35-16-2-4-18-36-25-10-13-31-14-11-25/h6-9,12,15,20-22,25,31H,2-5,10-11,13-14,16-19H2,1H3. The number of aromatic nitrogens is 3. The fraction of sp³-hybridized carbons (Fsp3) is 0.467. The molecule has 196 valence electrons. The zero-order valence-electron chi connectivity index (χ0n) is 21.8. The van der Waals surface area contributed by atoms with E-state index < -0.39 is 0 Å². The van der Waals surface area contributed by atoms with Crippen molar-refractivity contribution in [1.29, 1.82) is 0 Å². The highest BCUT2D eigenvalue weighted by Gasteiger charge is 2.12. The molecule has 1 saturated heterocycles. The van der Waals surface area contributed by atoms with Gasteiger partial charge in [0.2, 0.25) is 5.88 Å². The van der Waals surface area contributed by atoms with Crippen LogP contribution in [0.25, 0.3) is 32.9 Å². The fourth-order valence-electron chi connectivity index (χ4n) is 4.97. The second-order valence-corrected chi connectivity index (χ2v) is 9.76. The molecule has 1 aliphatic heterocycles. The summed E-state index contributed by atoms with van der Waals surface area (Å²) in [6, 6.07) is 12.6. The number of rotatable bonds is 13. The van der Waals surface area contributed by atoms with Crippen molar-refractivity contribution in [2.24, 2.45) is 7.05 Å². The van der Waals surface area contributed by atoms with Gasteiger partial charge in [-0.25, -0.2) is 4.98 Å². The van der Waals surface area contributed by atoms with Crippen LogP contribution in [0.3, 0.4) is 0 Å². The number of benzene rings is 1. The third-order valence-corrected chi connectivity index (χ3v) is 7.13. The topological polar surface area (TPSA) is 70.4 Å². The van der Waals surface area contributed by atoms with E-state index in [0.717, 1.165) is 82.6 Å². The molecule has 4 aromatic rings. The highest BCUT2D eigenvalue weighted by molar-refractivity contribution is 6.08. The molecule has 7 heteroatoms. The summed E-state index contributed by atoms with van der Waals surface area (Å²) in [7, 11) is 2.10. The molecule has 7 nitrogen and oxygen atoms in total. The van der Waals surface area contributed by atoms with Crippen molar-refractivity contribution in [3.05, 3.63) is 55.0 Å². The van der Waals surface area contributed by atoms with E-state index in [1.54, 1.807) is 0 Å². The Morgan fingerprint density at radius 1 is 0.838 bits per heavy atom. The van der Waals surface area contributed by atoms with Crippen LogP contribution in [0.2, 0.25) is 0 Å². The number of piperidine rings is 1. The molecule has 0 aliphatic carbocycles. The molecule has 1 N–H and O–H groups in total. The molecule has 5 rings (SSSR count). The summed E-state index contributed by atoms with van der Waals surface area (Å²) in [6.45, 7) is 5.25. The first-order chi connectivity index (χ1) is 18.3. The van der Waals surface area contributed by atoms with Gasteiger partial charge >= 0.3 is 0 Å². The lowest BCUT2D eigenvalue weighted by Gasteiger charge is -2.22. The molecule has 0 unspecified atom stereocenters. The minimum Gasteiger partial charge on any atom is -0.478 e. The molecular formula is C30H38N4O3. The van der Waals surface area contributed by atoms with Crippen LogP contribution in [-0.2, 0) is 16.5 Å². The van der Waals surface area contributed by atoms with Crippen LogP contribution in [0.4, 0.5) is 0 Å². The molecule has 0 spiro atoms. The number of aryl methyl sites for hydroxylation is 1. The highest BCUT2D eigenvalue weighted by atomic mass is 16.5. The van der Waals surface area contributed by atoms with Gasteiger partial charge in [0.25, 0.3) is 0 Å². The van der Waals surface area contributed by atoms with E-state index in [-0.39, 0.29) is 0 Å². The average Bonchev–Trinajstić information content (AvgIpc) is 3.24. The van der Waals surface area contributed by atoms with Crippen LogP contribution in [0, 0.1) is 0 Å². The third kappa shape index (κ3) is 6.66. The Bertz CT molecular complexity index is 1270. The number of pyridine rings is 2. The van der Waals surface area contributed by atoms with Gasteiger partial charge in [-0.3, -0.25) is 4.98 Å². The Morgan fingerprint density at radius 2 is 1.62 bits per heavy atom. The first-order valence-electron chi connectivity index (χ1n) is 13.6. The van der Waals surface area contributed by atoms with Crippen LogP contribution in [-0.4, -0.2) is 60.2 Å². The molecule has 1 fully saturated rings. The average molecular weight is 503 g/mol. The predicted octanol–water partition coefficient (Wildman–Crippen LogP) is 5.51. The Morgan fingerprint density at radius 3 is 2.43 bits per heavy atom. The van der Waals surface area contributed by atoms with E-state index in [0.29, 0.717) is 18.6 Å². The summed E-state index contributed by atoms with van der Waals surface area (Å²) in [5.41, 5.74) is 4.59. The number of fused-ring (bicyclic) bond motifs is 3. The van der Waals surface area contributed by atoms with Gasteiger partial charge < -0.3 is 24.1 Å². The maximum absolute atomic E-state index is 5.93. The van der Waals surface area contributed by atoms with E-state index in [9.17, 15) is 0 Å². The Hall–Kier alpha value is -3.00. The molecule has 4 heterocycles. The van der Waals surface area contributed by atoms with E-state index >= 15 is 0 Å². The molecule has 1 aliphatic rings. The molecular weight excluding hydrogens is 464 g/mol. The van der Waals surface area contributed by atoms with E-state index in [1.807, 2.05) is 24.7 Å². The van der Waals surface area contributed by atoms with E-state index in [1.165, 1.54) is 21.8 Å². The minimum absolute atomic E-state index is 0.449. The van der Waals surface area contributed by atoms with Gasteiger partial charge in [0.05, 0.1) is 18.2 Å². The van der Waals surface area contributed by atoms with Crippen molar-refractivity contribution in [1.82, 2.24) is 19.9 Å². The summed E-state index contributed by atoms with van der Waals surface area (Å²) >= 11 is 0. The van der Waals surface area contributed by atoms with Crippen molar-refractivity contribution in [2.45, 2.75) is 44.6 Å². The van der Waals surface area contributed by atoms with Crippen LogP contribution < -0.4 is 10.1 Å². The predicted molar refractivity (Wildman–Crippen MR) is 148 cm³/mol. The zero-order valence-corrected chi connectivity index (χ0v) is 21.8. The van der Waals surface area contributed by atoms with Crippen LogP contribution >= 0.6 is 0 Å². The van der Waals surface area contributed by atoms with Crippen LogP contribution in [0.15, 0.2) is 55.0 Å². The van der Waals surface area contributed by atoms with Gasteiger partial charge in [0.15, 0.2) is 0 Å². The van der Waals surface area contributed by atoms with Crippen molar-refractivity contribution >= 4 is 21.8 Å². The number of nitrogens with one attached hydrogen (secondary N) is 1. The van der Waals surface area contributed by atoms with Gasteiger partial charge in [-0.05, 0) is 75.4 Å². The first kappa shape index (κ1) is 25.6. The highest BCUT2D eigenvalue weighted by Crippen LogP contribution is 2.31. The summed E-state index contributed by atoms with van der Waals surface area (Å²) in [4.78, 5) is 8.81. The maximum Gasteiger partial charge on any atom is 0.213 e. The lowest BCUT2D eigenvalue weighted by Crippen LogP contribution is -2.32. The van der Waals surface area contributed by atoms with Gasteiger partial charge in [-0.15, -0.1) is 0 Å². The van der Waals surface area contributed by atoms with Crippen molar-refractivity contribution in [3.63, 3.8) is 0 Å². The van der Waals surface area contributed by atoms with E-state index in [2.05, 4.69) is 57.2 Å². The normalized spacial score (nSPS) is 14.5. The molecule has 0 amide bonds. The molecule has 3 aromatic heterocycles. The van der Waals surface area contributed by atoms with Crippen molar-refractivity contribution in [2.75, 3.05) is 39.5 Å². The van der Waals surface area contributed by atoms with Gasteiger partial charge in [-0.1, -0.05) is 12.1 Å². The summed E-state index contributed by atoms with van der Waals surface area (Å²) in [5, 5.41) is 5.76. The second-order valence-electron chi connectivity index (χ2n) is 9.76. The molecule has 1 aromatic carbocycles.